The zero-order valence-corrected chi connectivity index (χ0v) is 16.1. The van der Waals surface area contributed by atoms with Crippen LogP contribution in [0.2, 0.25) is 0 Å². The number of carbonyl (C=O) groups is 1. The van der Waals surface area contributed by atoms with Crippen LogP contribution < -0.4 is 4.74 Å². The Hall–Kier alpha value is -1.75. The minimum Gasteiger partial charge on any atom is -0.450 e. The second-order valence-electron chi connectivity index (χ2n) is 8.37. The maximum Gasteiger partial charge on any atom is 0.510 e. The van der Waals surface area contributed by atoms with Crippen LogP contribution in [0.25, 0.3) is 0 Å². The number of fused-ring (bicyclic) bond motifs is 1. The van der Waals surface area contributed by atoms with Gasteiger partial charge in [0.25, 0.3) is 0 Å². The Labute approximate surface area is 161 Å². The first-order valence-corrected chi connectivity index (χ1v) is 10.4. The fraction of sp³-hybridized carbons (Fsp3) is 0.682. The van der Waals surface area contributed by atoms with Crippen molar-refractivity contribution in [3.63, 3.8) is 0 Å². The minimum atomic E-state index is -1.36. The molecular weight excluding hydrogens is 344 g/mol. The third-order valence-electron chi connectivity index (χ3n) is 6.69. The van der Waals surface area contributed by atoms with E-state index in [9.17, 15) is 9.90 Å². The molecule has 1 aromatic rings. The first-order valence-electron chi connectivity index (χ1n) is 10.4. The summed E-state index contributed by atoms with van der Waals surface area (Å²) in [6.45, 7) is 0.829. The zero-order chi connectivity index (χ0) is 18.9. The van der Waals surface area contributed by atoms with Crippen LogP contribution in [0.15, 0.2) is 18.2 Å². The highest BCUT2D eigenvalue weighted by Crippen LogP contribution is 2.56. The lowest BCUT2D eigenvalue weighted by molar-refractivity contribution is -0.324. The van der Waals surface area contributed by atoms with Gasteiger partial charge in [0.2, 0.25) is 0 Å². The van der Waals surface area contributed by atoms with Crippen molar-refractivity contribution in [3.05, 3.63) is 29.3 Å². The Morgan fingerprint density at radius 1 is 1.04 bits per heavy atom. The predicted molar refractivity (Wildman–Crippen MR) is 101 cm³/mol. The van der Waals surface area contributed by atoms with Crippen LogP contribution in [0.1, 0.15) is 75.3 Å². The molecule has 148 valence electrons. The molecule has 1 aromatic carbocycles. The smallest absolute Gasteiger partial charge is 0.450 e. The molecule has 1 unspecified atom stereocenters. The summed E-state index contributed by atoms with van der Waals surface area (Å²) in [4.78, 5) is 11.2. The van der Waals surface area contributed by atoms with Gasteiger partial charge in [-0.2, -0.15) is 0 Å². The summed E-state index contributed by atoms with van der Waals surface area (Å²) < 4.78 is 17.3. The predicted octanol–water partition coefficient (Wildman–Crippen LogP) is 5.74. The number of ether oxygens (including phenoxy) is 3. The van der Waals surface area contributed by atoms with E-state index >= 15 is 0 Å². The fourth-order valence-electron chi connectivity index (χ4n) is 5.56. The molecule has 0 bridgehead atoms. The molecule has 3 aliphatic rings. The lowest BCUT2D eigenvalue weighted by atomic mass is 9.63. The largest absolute Gasteiger partial charge is 0.510 e. The number of hydrogen-bond acceptors (Lipinski definition) is 4. The summed E-state index contributed by atoms with van der Waals surface area (Å²) in [7, 11) is 0. The Bertz CT molecular complexity index is 655. The molecule has 0 amide bonds. The van der Waals surface area contributed by atoms with E-state index in [1.807, 2.05) is 13.0 Å². The van der Waals surface area contributed by atoms with E-state index in [0.29, 0.717) is 11.8 Å². The topological polar surface area (TPSA) is 65.0 Å². The normalized spacial score (nSPS) is 26.0. The lowest BCUT2D eigenvalue weighted by Crippen LogP contribution is -2.53. The van der Waals surface area contributed by atoms with Crippen molar-refractivity contribution < 1.29 is 24.1 Å². The first-order chi connectivity index (χ1) is 13.1. The molecule has 1 heterocycles. The van der Waals surface area contributed by atoms with E-state index in [0.717, 1.165) is 42.6 Å². The maximum absolute atomic E-state index is 11.2. The number of benzene rings is 1. The molecule has 2 saturated carbocycles. The third-order valence-corrected chi connectivity index (χ3v) is 6.69. The summed E-state index contributed by atoms with van der Waals surface area (Å²) >= 11 is 0. The molecular formula is C22H30O5. The second kappa shape index (κ2) is 7.70. The minimum absolute atomic E-state index is 0.375. The molecule has 0 radical (unpaired) electrons. The molecule has 1 atom stereocenters. The Morgan fingerprint density at radius 3 is 2.19 bits per heavy atom. The van der Waals surface area contributed by atoms with Gasteiger partial charge in [0, 0.05) is 5.56 Å². The van der Waals surface area contributed by atoms with Crippen LogP contribution >= 0.6 is 0 Å². The Kier molecular flexibility index (Phi) is 5.31. The van der Waals surface area contributed by atoms with Crippen molar-refractivity contribution in [3.8, 4) is 5.75 Å². The average Bonchev–Trinajstić information content (AvgIpc) is 2.68. The van der Waals surface area contributed by atoms with Gasteiger partial charge in [0.1, 0.15) is 11.4 Å². The highest BCUT2D eigenvalue weighted by atomic mass is 16.9. The third kappa shape index (κ3) is 3.54. The van der Waals surface area contributed by atoms with E-state index in [4.69, 9.17) is 14.2 Å². The molecule has 1 N–H and O–H groups in total. The van der Waals surface area contributed by atoms with Crippen molar-refractivity contribution in [1.29, 1.82) is 0 Å². The summed E-state index contributed by atoms with van der Waals surface area (Å²) in [5.41, 5.74) is 1.67. The van der Waals surface area contributed by atoms with Crippen LogP contribution in [0.4, 0.5) is 4.79 Å². The number of carboxylic acid groups (broad SMARTS) is 1. The molecule has 4 rings (SSSR count). The van der Waals surface area contributed by atoms with Crippen molar-refractivity contribution in [2.45, 2.75) is 83.2 Å². The van der Waals surface area contributed by atoms with Gasteiger partial charge in [-0.3, -0.25) is 4.74 Å². The summed E-state index contributed by atoms with van der Waals surface area (Å²) in [5.74, 6) is 1.47. The van der Waals surface area contributed by atoms with Gasteiger partial charge in [-0.25, -0.2) is 4.79 Å². The van der Waals surface area contributed by atoms with Gasteiger partial charge < -0.3 is 14.6 Å². The van der Waals surface area contributed by atoms with Gasteiger partial charge in [0.05, 0.1) is 0 Å². The van der Waals surface area contributed by atoms with E-state index in [1.165, 1.54) is 38.5 Å². The fourth-order valence-corrected chi connectivity index (χ4v) is 5.56. The van der Waals surface area contributed by atoms with Gasteiger partial charge in [-0.1, -0.05) is 50.7 Å². The highest BCUT2D eigenvalue weighted by Gasteiger charge is 2.54. The van der Waals surface area contributed by atoms with E-state index in [2.05, 4.69) is 12.1 Å². The highest BCUT2D eigenvalue weighted by molar-refractivity contribution is 5.57. The first kappa shape index (κ1) is 18.6. The standard InChI is InChI=1S/C22H30O5/c1-15-12-13-18-19(14-15)25-21(26-20(23)24)27-22(18,16-8-4-2-5-9-16)17-10-6-3-7-11-17/h12-14,16-17,21H,2-11H2,1H3,(H,23,24). The monoisotopic (exact) mass is 374 g/mol. The number of rotatable bonds is 3. The SMILES string of the molecule is Cc1ccc2c(c1)OC(OC(=O)O)OC2(C1CCCCC1)C1CCCCC1. The van der Waals surface area contributed by atoms with Gasteiger partial charge in [0.15, 0.2) is 0 Å². The van der Waals surface area contributed by atoms with E-state index < -0.39 is 18.2 Å². The Balaban J connectivity index is 1.81. The Morgan fingerprint density at radius 2 is 1.63 bits per heavy atom. The summed E-state index contributed by atoms with van der Waals surface area (Å²) in [6.07, 6.45) is 10.4. The van der Waals surface area contributed by atoms with E-state index in [-0.39, 0.29) is 0 Å². The van der Waals surface area contributed by atoms with Crippen molar-refractivity contribution >= 4 is 6.16 Å². The van der Waals surface area contributed by atoms with Crippen LogP contribution in [0.3, 0.4) is 0 Å². The summed E-state index contributed by atoms with van der Waals surface area (Å²) in [6, 6.07) is 6.26. The van der Waals surface area contributed by atoms with Crippen LogP contribution in [-0.2, 0) is 15.1 Å². The molecule has 2 fully saturated rings. The summed E-state index contributed by atoms with van der Waals surface area (Å²) in [5, 5.41) is 9.18. The molecule has 0 spiro atoms. The zero-order valence-electron chi connectivity index (χ0n) is 16.1. The lowest BCUT2D eigenvalue weighted by Gasteiger charge is -2.52. The van der Waals surface area contributed by atoms with Gasteiger partial charge in [-0.15, -0.1) is 0 Å². The van der Waals surface area contributed by atoms with Crippen LogP contribution in [0.5, 0.6) is 5.75 Å². The molecule has 2 aliphatic carbocycles. The second-order valence-corrected chi connectivity index (χ2v) is 8.37. The maximum atomic E-state index is 11.2. The van der Waals surface area contributed by atoms with Crippen molar-refractivity contribution in [2.75, 3.05) is 0 Å². The average molecular weight is 374 g/mol. The molecule has 27 heavy (non-hydrogen) atoms. The van der Waals surface area contributed by atoms with Crippen LogP contribution in [-0.4, -0.2) is 17.7 Å². The van der Waals surface area contributed by atoms with E-state index in [1.54, 1.807) is 0 Å². The quantitative estimate of drug-likeness (QED) is 0.684. The molecule has 5 heteroatoms. The number of aryl methyl sites for hydroxylation is 1. The number of hydrogen-bond donors (Lipinski definition) is 1. The molecule has 0 saturated heterocycles. The van der Waals surface area contributed by atoms with Crippen LogP contribution in [0, 0.1) is 18.8 Å². The molecule has 5 nitrogen and oxygen atoms in total. The van der Waals surface area contributed by atoms with Gasteiger partial charge >= 0.3 is 12.6 Å². The van der Waals surface area contributed by atoms with Crippen molar-refractivity contribution in [2.24, 2.45) is 11.8 Å². The molecule has 0 aromatic heterocycles. The molecule has 1 aliphatic heterocycles. The van der Waals surface area contributed by atoms with Crippen molar-refractivity contribution in [1.82, 2.24) is 0 Å². The van der Waals surface area contributed by atoms with Gasteiger partial charge in [-0.05, 0) is 56.1 Å².